The highest BCUT2D eigenvalue weighted by Crippen LogP contribution is 2.50. The largest absolute Gasteiger partial charge is 0.507 e. The fourth-order valence-electron chi connectivity index (χ4n) is 11.2. The third-order valence-electron chi connectivity index (χ3n) is 15.4. The zero-order valence-electron chi connectivity index (χ0n) is 43.6. The van der Waals surface area contributed by atoms with Gasteiger partial charge in [-0.25, -0.2) is 4.79 Å². The zero-order chi connectivity index (χ0) is 51.8. The second kappa shape index (κ2) is 21.3. The van der Waals surface area contributed by atoms with Crippen LogP contribution in [0.3, 0.4) is 0 Å². The molecule has 3 aromatic carbocycles. The number of anilines is 1. The number of benzene rings is 3. The van der Waals surface area contributed by atoms with Gasteiger partial charge in [0.15, 0.2) is 11.4 Å². The molecule has 5 bridgehead atoms. The molecule has 2 fully saturated rings. The number of likely N-dealkylation sites (tertiary alicyclic amines) is 1. The topological polar surface area (TPSA) is 195 Å². The van der Waals surface area contributed by atoms with Gasteiger partial charge in [0.2, 0.25) is 0 Å². The highest BCUT2D eigenvalue weighted by Gasteiger charge is 2.50. The first-order valence-corrected chi connectivity index (χ1v) is 25.7. The standard InChI is InChI=1S/C56H74N6O10/c1-32(2)30-60-22-20-56(21-23-60)58-44-41-42-48(64)38(8)51-43(41)52(66)55(9,72-51)70-28-19-40(69-10)36(6)50(71-54(68)62-26-24-61(25-27-62)31-39-17-12-11-13-18-39)37(7)47(63)35(5)29-33(3)15-14-16-34(4)53(67)57-46(49(42)65)45(44)59-56/h11-19,28,32-33,35-37,40,47,50,63-65H,20-27,29-31H2,1-10H3,(H,57,67)/b15-14+,28-19+,34-16-/t33?,35-,36-,37-,40+,47?,50?,55?/m1/s1. The Morgan fingerprint density at radius 1 is 0.903 bits per heavy atom. The van der Waals surface area contributed by atoms with Crippen molar-refractivity contribution in [2.45, 2.75) is 118 Å². The second-order valence-electron chi connectivity index (χ2n) is 21.5. The number of ether oxygens (including phenoxy) is 4. The summed E-state index contributed by atoms with van der Waals surface area (Å²) >= 11 is 0. The number of fused-ring (bicyclic) bond motifs is 13. The Morgan fingerprint density at radius 3 is 2.25 bits per heavy atom. The molecule has 0 radical (unpaired) electrons. The van der Waals surface area contributed by atoms with Gasteiger partial charge in [0, 0.05) is 108 Å². The van der Waals surface area contributed by atoms with E-state index >= 15 is 0 Å². The number of piperazine rings is 1. The molecule has 6 aliphatic heterocycles. The average molecular weight is 991 g/mol. The lowest BCUT2D eigenvalue weighted by molar-refractivity contribution is -0.112. The van der Waals surface area contributed by atoms with Gasteiger partial charge in [-0.15, -0.1) is 0 Å². The monoisotopic (exact) mass is 991 g/mol. The number of allylic oxidation sites excluding steroid dienone is 3. The van der Waals surface area contributed by atoms with Gasteiger partial charge in [-0.3, -0.25) is 24.5 Å². The molecule has 0 aliphatic carbocycles. The number of nitrogens with one attached hydrogen (secondary N) is 1. The Kier molecular flexibility index (Phi) is 15.6. The van der Waals surface area contributed by atoms with E-state index in [4.69, 9.17) is 28.9 Å². The van der Waals surface area contributed by atoms with Gasteiger partial charge >= 0.3 is 11.9 Å². The molecule has 1 spiro atoms. The number of hydrogen-bond acceptors (Lipinski definition) is 14. The molecule has 72 heavy (non-hydrogen) atoms. The predicted molar refractivity (Wildman–Crippen MR) is 274 cm³/mol. The van der Waals surface area contributed by atoms with E-state index in [0.717, 1.165) is 13.1 Å². The first-order valence-electron chi connectivity index (χ1n) is 25.7. The molecule has 6 aliphatic rings. The number of carbonyl (C=O) groups is 3. The van der Waals surface area contributed by atoms with Crippen LogP contribution in [-0.2, 0) is 25.5 Å². The van der Waals surface area contributed by atoms with Crippen LogP contribution in [0.5, 0.6) is 17.2 Å². The van der Waals surface area contributed by atoms with Crippen LogP contribution in [0.1, 0.15) is 96.1 Å². The number of aliphatic hydroxyl groups excluding tert-OH is 1. The van der Waals surface area contributed by atoms with Crippen LogP contribution in [0.15, 0.2) is 76.5 Å². The van der Waals surface area contributed by atoms with Crippen molar-refractivity contribution < 1.29 is 48.7 Å². The summed E-state index contributed by atoms with van der Waals surface area (Å²) in [6.45, 7) is 22.3. The number of aromatic hydroxyl groups is 2. The van der Waals surface area contributed by atoms with Crippen LogP contribution in [-0.4, -0.2) is 130 Å². The average Bonchev–Trinajstić information content (AvgIpc) is 3.85. The summed E-state index contributed by atoms with van der Waals surface area (Å²) in [6, 6.07) is 10.2. The minimum Gasteiger partial charge on any atom is -0.507 e. The second-order valence-corrected chi connectivity index (χ2v) is 21.5. The Balaban J connectivity index is 1.16. The van der Waals surface area contributed by atoms with E-state index < -0.39 is 65.1 Å². The van der Waals surface area contributed by atoms with Crippen LogP contribution in [0.25, 0.3) is 10.8 Å². The molecule has 9 rings (SSSR count). The third-order valence-corrected chi connectivity index (χ3v) is 15.4. The fourth-order valence-corrected chi connectivity index (χ4v) is 11.2. The molecule has 3 aromatic rings. The van der Waals surface area contributed by atoms with Crippen LogP contribution < -0.4 is 20.8 Å². The quantitative estimate of drug-likeness (QED) is 0.182. The lowest BCUT2D eigenvalue weighted by atomic mass is 9.79. The van der Waals surface area contributed by atoms with Crippen LogP contribution >= 0.6 is 0 Å². The number of Topliss-reactive ketones (excluding diaryl/α,β-unsaturated/α-hetero) is 1. The number of methoxy groups -OCH3 is 1. The highest BCUT2D eigenvalue weighted by molar-refractivity contribution is 6.19. The Bertz CT molecular complexity index is 2760. The number of piperidine rings is 1. The van der Waals surface area contributed by atoms with Gasteiger partial charge in [-0.1, -0.05) is 90.1 Å². The molecule has 8 atom stereocenters. The van der Waals surface area contributed by atoms with Gasteiger partial charge in [0.05, 0.1) is 34.8 Å². The van der Waals surface area contributed by atoms with Gasteiger partial charge in [0.1, 0.15) is 28.6 Å². The number of nitrogens with zero attached hydrogens (tertiary/aromatic N) is 5. The predicted octanol–water partition coefficient (Wildman–Crippen LogP) is 7.17. The number of rotatable bonds is 6. The number of ketones is 1. The molecule has 4 unspecified atom stereocenters. The third kappa shape index (κ3) is 10.5. The minimum atomic E-state index is -1.95. The molecular weight excluding hydrogens is 917 g/mol. The van der Waals surface area contributed by atoms with Gasteiger partial charge < -0.3 is 49.4 Å². The summed E-state index contributed by atoms with van der Waals surface area (Å²) in [5, 5.41) is 39.7. The number of aliphatic hydroxyl groups is 1. The SMILES string of the molecule is CO[C@H]1/C=C/OC2(C)Oc3c(C)c(O)c4c(O)c(c5c(c4c3C2=O)=NC2(CCN(CC(C)C)CC2)N=5)NC(=O)/C(C)=C\C=C\C(C)C[C@@H](C)C(O)[C@@H](C)C(OC(=O)N2CCN(Cc3ccccc3)CC2)[C@@H]1C. The van der Waals surface area contributed by atoms with Crippen molar-refractivity contribution in [3.63, 3.8) is 0 Å². The van der Waals surface area contributed by atoms with E-state index in [1.165, 1.54) is 25.9 Å². The summed E-state index contributed by atoms with van der Waals surface area (Å²) in [7, 11) is 1.53. The maximum atomic E-state index is 15.0. The van der Waals surface area contributed by atoms with Gasteiger partial charge in [-0.2, -0.15) is 0 Å². The molecule has 388 valence electrons. The van der Waals surface area contributed by atoms with Crippen molar-refractivity contribution in [2.75, 3.05) is 58.2 Å². The Hall–Kier alpha value is -5.81. The molecule has 16 nitrogen and oxygen atoms in total. The molecular formula is C56H74N6O10. The summed E-state index contributed by atoms with van der Waals surface area (Å²) in [6.07, 6.45) is 7.19. The molecule has 0 aromatic heterocycles. The summed E-state index contributed by atoms with van der Waals surface area (Å²) < 4.78 is 25.1. The molecule has 0 saturated carbocycles. The lowest BCUT2D eigenvalue weighted by Crippen LogP contribution is -2.51. The summed E-state index contributed by atoms with van der Waals surface area (Å²) in [4.78, 5) is 60.0. The number of carbonyl (C=O) groups excluding carboxylic acids is 3. The van der Waals surface area contributed by atoms with Crippen molar-refractivity contribution in [3.05, 3.63) is 93.9 Å². The number of amides is 2. The van der Waals surface area contributed by atoms with E-state index in [2.05, 4.69) is 41.1 Å². The Labute approximate surface area is 423 Å². The number of phenolic OH excluding ortho intramolecular Hbond substituents is 2. The van der Waals surface area contributed by atoms with Crippen molar-refractivity contribution >= 4 is 34.2 Å². The maximum absolute atomic E-state index is 15.0. The molecule has 6 heterocycles. The van der Waals surface area contributed by atoms with Crippen LogP contribution in [0.4, 0.5) is 10.5 Å². The van der Waals surface area contributed by atoms with E-state index in [1.807, 2.05) is 52.0 Å². The van der Waals surface area contributed by atoms with Crippen molar-refractivity contribution in [1.82, 2.24) is 14.7 Å². The molecule has 16 heteroatoms. The molecule has 2 saturated heterocycles. The van der Waals surface area contributed by atoms with E-state index in [0.29, 0.717) is 70.0 Å². The smallest absolute Gasteiger partial charge is 0.410 e. The maximum Gasteiger partial charge on any atom is 0.410 e. The highest BCUT2D eigenvalue weighted by atomic mass is 16.7. The fraction of sp³-hybridized carbons (Fsp3) is 0.554. The van der Waals surface area contributed by atoms with E-state index in [1.54, 1.807) is 37.0 Å². The summed E-state index contributed by atoms with van der Waals surface area (Å²) in [5.41, 5.74) is 0.806. The van der Waals surface area contributed by atoms with Gasteiger partial charge in [-0.05, 0) is 49.7 Å². The first kappa shape index (κ1) is 52.5. The van der Waals surface area contributed by atoms with Gasteiger partial charge in [0.25, 0.3) is 11.7 Å². The summed E-state index contributed by atoms with van der Waals surface area (Å²) in [5.74, 6) is -4.66. The Morgan fingerprint density at radius 2 is 1.58 bits per heavy atom. The van der Waals surface area contributed by atoms with E-state index in [-0.39, 0.29) is 61.6 Å². The lowest BCUT2D eigenvalue weighted by Gasteiger charge is -2.39. The van der Waals surface area contributed by atoms with E-state index in [9.17, 15) is 29.7 Å². The minimum absolute atomic E-state index is 0.0164. The van der Waals surface area contributed by atoms with Crippen molar-refractivity contribution in [1.29, 1.82) is 0 Å². The van der Waals surface area contributed by atoms with Crippen LogP contribution in [0.2, 0.25) is 0 Å². The molecule has 2 amide bonds. The van der Waals surface area contributed by atoms with Crippen LogP contribution in [0, 0.1) is 36.5 Å². The normalized spacial score (nSPS) is 30.0. The van der Waals surface area contributed by atoms with Crippen molar-refractivity contribution in [2.24, 2.45) is 39.6 Å². The zero-order valence-corrected chi connectivity index (χ0v) is 43.6. The van der Waals surface area contributed by atoms with Crippen molar-refractivity contribution in [3.8, 4) is 17.2 Å². The first-order chi connectivity index (χ1) is 34.2. The molecule has 4 N–H and O–H groups in total. The number of phenols is 2. The number of hydrogen-bond donors (Lipinski definition) is 4.